The Kier molecular flexibility index (Phi) is 4.33. The molecule has 0 atom stereocenters. The molecule has 0 aliphatic carbocycles. The van der Waals surface area contributed by atoms with Gasteiger partial charge in [-0.05, 0) is 19.1 Å². The Labute approximate surface area is 112 Å². The lowest BCUT2D eigenvalue weighted by Gasteiger charge is -2.04. The number of hydrogen-bond donors (Lipinski definition) is 1. The van der Waals surface area contributed by atoms with Crippen molar-refractivity contribution in [2.45, 2.75) is 19.9 Å². The highest BCUT2D eigenvalue weighted by molar-refractivity contribution is 6.30. The number of hydrogen-bond acceptors (Lipinski definition) is 3. The van der Waals surface area contributed by atoms with Gasteiger partial charge in [0.25, 0.3) is 0 Å². The molecule has 0 saturated carbocycles. The van der Waals surface area contributed by atoms with Crippen molar-refractivity contribution in [2.75, 3.05) is 6.54 Å². The van der Waals surface area contributed by atoms with Crippen LogP contribution in [-0.4, -0.2) is 21.3 Å². The summed E-state index contributed by atoms with van der Waals surface area (Å²) in [4.78, 5) is 4.28. The lowest BCUT2D eigenvalue weighted by molar-refractivity contribution is 0.677. The van der Waals surface area contributed by atoms with Gasteiger partial charge < -0.3 is 5.32 Å². The summed E-state index contributed by atoms with van der Waals surface area (Å²) in [7, 11) is 1.85. The number of aryl methyl sites for hydroxylation is 2. The third-order valence-electron chi connectivity index (χ3n) is 2.86. The maximum absolute atomic E-state index is 6.16. The van der Waals surface area contributed by atoms with Gasteiger partial charge in [-0.25, -0.2) is 0 Å². The van der Waals surface area contributed by atoms with Crippen molar-refractivity contribution in [3.8, 4) is 0 Å². The minimum atomic E-state index is 0.706. The molecule has 0 unspecified atom stereocenters. The van der Waals surface area contributed by atoms with Crippen LogP contribution in [0, 0.1) is 6.92 Å². The highest BCUT2D eigenvalue weighted by Crippen LogP contribution is 2.17. The highest BCUT2D eigenvalue weighted by Gasteiger charge is 2.09. The van der Waals surface area contributed by atoms with Gasteiger partial charge in [-0.1, -0.05) is 17.7 Å². The Bertz CT molecular complexity index is 507. The average molecular weight is 265 g/mol. The van der Waals surface area contributed by atoms with Crippen LogP contribution in [0.25, 0.3) is 0 Å². The molecule has 5 heteroatoms. The zero-order valence-corrected chi connectivity index (χ0v) is 11.4. The van der Waals surface area contributed by atoms with E-state index < -0.39 is 0 Å². The van der Waals surface area contributed by atoms with E-state index in [1.807, 2.05) is 38.4 Å². The molecule has 2 aromatic rings. The van der Waals surface area contributed by atoms with E-state index in [0.717, 1.165) is 36.5 Å². The van der Waals surface area contributed by atoms with Crippen molar-refractivity contribution >= 4 is 11.6 Å². The van der Waals surface area contributed by atoms with Gasteiger partial charge in [-0.15, -0.1) is 0 Å². The van der Waals surface area contributed by atoms with E-state index in [1.165, 1.54) is 0 Å². The molecule has 0 bridgehead atoms. The van der Waals surface area contributed by atoms with Gasteiger partial charge in [-0.3, -0.25) is 9.67 Å². The minimum absolute atomic E-state index is 0.706. The van der Waals surface area contributed by atoms with Crippen LogP contribution in [0.15, 0.2) is 24.4 Å². The quantitative estimate of drug-likeness (QED) is 0.841. The fourth-order valence-electron chi connectivity index (χ4n) is 1.85. The third-order valence-corrected chi connectivity index (χ3v) is 3.33. The van der Waals surface area contributed by atoms with Gasteiger partial charge in [0.05, 0.1) is 5.69 Å². The Hall–Kier alpha value is -1.39. The lowest BCUT2D eigenvalue weighted by Crippen LogP contribution is -2.17. The predicted octanol–water partition coefficient (Wildman–Crippen LogP) is 2.11. The molecular formula is C13H17ClN4. The Balaban J connectivity index is 1.82. The standard InChI is InChI=1S/C13H17ClN4/c1-10-12(13(14)18(2)17-10)9-15-8-6-11-5-3-4-7-16-11/h3-5,7,15H,6,8-9H2,1-2H3. The van der Waals surface area contributed by atoms with Crippen molar-refractivity contribution in [1.82, 2.24) is 20.1 Å². The SMILES string of the molecule is Cc1nn(C)c(Cl)c1CNCCc1ccccn1. The normalized spacial score (nSPS) is 10.8. The van der Waals surface area contributed by atoms with E-state index in [9.17, 15) is 0 Å². The number of nitrogens with one attached hydrogen (secondary N) is 1. The monoisotopic (exact) mass is 264 g/mol. The van der Waals surface area contributed by atoms with Crippen LogP contribution >= 0.6 is 11.6 Å². The summed E-state index contributed by atoms with van der Waals surface area (Å²) in [5.74, 6) is 0. The summed E-state index contributed by atoms with van der Waals surface area (Å²) in [6, 6.07) is 5.96. The smallest absolute Gasteiger partial charge is 0.131 e. The van der Waals surface area contributed by atoms with Gasteiger partial charge in [0, 0.05) is 44.0 Å². The van der Waals surface area contributed by atoms with Crippen molar-refractivity contribution in [3.05, 3.63) is 46.5 Å². The molecule has 96 valence electrons. The largest absolute Gasteiger partial charge is 0.312 e. The minimum Gasteiger partial charge on any atom is -0.312 e. The van der Waals surface area contributed by atoms with Crippen LogP contribution in [0.5, 0.6) is 0 Å². The summed E-state index contributed by atoms with van der Waals surface area (Å²) in [6.07, 6.45) is 2.73. The topological polar surface area (TPSA) is 42.7 Å². The van der Waals surface area contributed by atoms with Crippen LogP contribution in [0.1, 0.15) is 17.0 Å². The van der Waals surface area contributed by atoms with Crippen LogP contribution in [-0.2, 0) is 20.0 Å². The Morgan fingerprint density at radius 1 is 1.39 bits per heavy atom. The lowest BCUT2D eigenvalue weighted by atomic mass is 10.2. The fourth-order valence-corrected chi connectivity index (χ4v) is 2.09. The van der Waals surface area contributed by atoms with Crippen LogP contribution < -0.4 is 5.32 Å². The Morgan fingerprint density at radius 3 is 2.83 bits per heavy atom. The first-order valence-corrected chi connectivity index (χ1v) is 6.35. The molecular weight excluding hydrogens is 248 g/mol. The summed E-state index contributed by atoms with van der Waals surface area (Å²) >= 11 is 6.16. The molecule has 0 aliphatic heterocycles. The molecule has 4 nitrogen and oxygen atoms in total. The highest BCUT2D eigenvalue weighted by atomic mass is 35.5. The zero-order chi connectivity index (χ0) is 13.0. The molecule has 18 heavy (non-hydrogen) atoms. The molecule has 0 fully saturated rings. The maximum Gasteiger partial charge on any atom is 0.131 e. The van der Waals surface area contributed by atoms with E-state index in [1.54, 1.807) is 4.68 Å². The average Bonchev–Trinajstić information content (AvgIpc) is 2.61. The van der Waals surface area contributed by atoms with Gasteiger partial charge >= 0.3 is 0 Å². The molecule has 2 aromatic heterocycles. The number of rotatable bonds is 5. The van der Waals surface area contributed by atoms with Crippen LogP contribution in [0.2, 0.25) is 5.15 Å². The molecule has 0 amide bonds. The molecule has 0 aliphatic rings. The number of halogens is 1. The summed E-state index contributed by atoms with van der Waals surface area (Å²) in [5, 5.41) is 8.35. The van der Waals surface area contributed by atoms with E-state index in [2.05, 4.69) is 15.4 Å². The van der Waals surface area contributed by atoms with E-state index >= 15 is 0 Å². The van der Waals surface area contributed by atoms with Crippen molar-refractivity contribution < 1.29 is 0 Å². The summed E-state index contributed by atoms with van der Waals surface area (Å²) in [6.45, 7) is 3.59. The maximum atomic E-state index is 6.16. The molecule has 2 rings (SSSR count). The zero-order valence-electron chi connectivity index (χ0n) is 10.7. The fraction of sp³-hybridized carbons (Fsp3) is 0.385. The first-order chi connectivity index (χ1) is 8.68. The van der Waals surface area contributed by atoms with Gasteiger partial charge in [0.2, 0.25) is 0 Å². The van der Waals surface area contributed by atoms with Crippen molar-refractivity contribution in [1.29, 1.82) is 0 Å². The van der Waals surface area contributed by atoms with Gasteiger partial charge in [0.1, 0.15) is 5.15 Å². The first-order valence-electron chi connectivity index (χ1n) is 5.97. The Morgan fingerprint density at radius 2 is 2.22 bits per heavy atom. The molecule has 1 N–H and O–H groups in total. The predicted molar refractivity (Wildman–Crippen MR) is 72.6 cm³/mol. The van der Waals surface area contributed by atoms with E-state index in [-0.39, 0.29) is 0 Å². The molecule has 0 saturated heterocycles. The number of aromatic nitrogens is 3. The third kappa shape index (κ3) is 3.09. The van der Waals surface area contributed by atoms with Crippen molar-refractivity contribution in [3.63, 3.8) is 0 Å². The summed E-state index contributed by atoms with van der Waals surface area (Å²) < 4.78 is 1.70. The first kappa shape index (κ1) is 13.1. The molecule has 0 radical (unpaired) electrons. The second-order valence-corrected chi connectivity index (χ2v) is 4.58. The van der Waals surface area contributed by atoms with Gasteiger partial charge in [0.15, 0.2) is 0 Å². The second-order valence-electron chi connectivity index (χ2n) is 4.23. The molecule has 0 aromatic carbocycles. The number of nitrogens with zero attached hydrogens (tertiary/aromatic N) is 3. The van der Waals surface area contributed by atoms with E-state index in [4.69, 9.17) is 11.6 Å². The molecule has 0 spiro atoms. The van der Waals surface area contributed by atoms with Crippen molar-refractivity contribution in [2.24, 2.45) is 7.05 Å². The van der Waals surface area contributed by atoms with Crippen LogP contribution in [0.3, 0.4) is 0 Å². The molecule has 2 heterocycles. The van der Waals surface area contributed by atoms with Crippen LogP contribution in [0.4, 0.5) is 0 Å². The van der Waals surface area contributed by atoms with Gasteiger partial charge in [-0.2, -0.15) is 5.10 Å². The summed E-state index contributed by atoms with van der Waals surface area (Å²) in [5.41, 5.74) is 3.15. The number of pyridine rings is 1. The van der Waals surface area contributed by atoms with E-state index in [0.29, 0.717) is 5.15 Å². The second kappa shape index (κ2) is 5.98.